The van der Waals surface area contributed by atoms with Crippen molar-refractivity contribution >= 4 is 17.7 Å². The highest BCUT2D eigenvalue weighted by molar-refractivity contribution is 7.99. The molecule has 108 valence electrons. The Hall–Kier alpha value is -1.04. The molecule has 0 aliphatic rings. The van der Waals surface area contributed by atoms with Gasteiger partial charge >= 0.3 is 0 Å². The first-order valence-corrected chi connectivity index (χ1v) is 7.71. The number of amides is 1. The molecule has 5 nitrogen and oxygen atoms in total. The Kier molecular flexibility index (Phi) is 6.34. The van der Waals surface area contributed by atoms with Gasteiger partial charge in [0, 0.05) is 25.1 Å². The molecule has 0 saturated heterocycles. The maximum absolute atomic E-state index is 10.9. The lowest BCUT2D eigenvalue weighted by molar-refractivity contribution is -0.118. The summed E-state index contributed by atoms with van der Waals surface area (Å²) < 4.78 is 2.13. The quantitative estimate of drug-likeness (QED) is 0.742. The van der Waals surface area contributed by atoms with Crippen molar-refractivity contribution in [1.29, 1.82) is 0 Å². The molecule has 0 fully saturated rings. The van der Waals surface area contributed by atoms with Crippen molar-refractivity contribution in [1.82, 2.24) is 14.8 Å². The number of aryl methyl sites for hydroxylation is 1. The van der Waals surface area contributed by atoms with Crippen molar-refractivity contribution in [3.8, 4) is 0 Å². The van der Waals surface area contributed by atoms with Crippen LogP contribution in [0.5, 0.6) is 0 Å². The Morgan fingerprint density at radius 2 is 1.95 bits per heavy atom. The lowest BCUT2D eigenvalue weighted by atomic mass is 10.2. The number of rotatable bonds is 8. The highest BCUT2D eigenvalue weighted by Crippen LogP contribution is 2.21. The first kappa shape index (κ1) is 16.0. The van der Waals surface area contributed by atoms with Crippen LogP contribution in [0.25, 0.3) is 0 Å². The summed E-state index contributed by atoms with van der Waals surface area (Å²) in [6, 6.07) is 0. The number of hydrogen-bond acceptors (Lipinski definition) is 4. The van der Waals surface area contributed by atoms with E-state index in [1.54, 1.807) is 11.8 Å². The lowest BCUT2D eigenvalue weighted by Crippen LogP contribution is -2.15. The van der Waals surface area contributed by atoms with E-state index < -0.39 is 0 Å². The van der Waals surface area contributed by atoms with Crippen LogP contribution in [-0.2, 0) is 17.8 Å². The summed E-state index contributed by atoms with van der Waals surface area (Å²) >= 11 is 1.73. The summed E-state index contributed by atoms with van der Waals surface area (Å²) in [5.41, 5.74) is 5.20. The van der Waals surface area contributed by atoms with Crippen LogP contribution in [-0.4, -0.2) is 26.4 Å². The highest BCUT2D eigenvalue weighted by Gasteiger charge is 2.14. The van der Waals surface area contributed by atoms with E-state index in [9.17, 15) is 4.79 Å². The molecule has 0 unspecified atom stereocenters. The molecule has 19 heavy (non-hydrogen) atoms. The number of primary amides is 1. The first-order chi connectivity index (χ1) is 8.90. The molecule has 0 aliphatic heterocycles. The summed E-state index contributed by atoms with van der Waals surface area (Å²) in [6.07, 6.45) is 0.891. The minimum absolute atomic E-state index is 0.296. The molecule has 0 saturated carbocycles. The van der Waals surface area contributed by atoms with Crippen LogP contribution >= 0.6 is 11.8 Å². The van der Waals surface area contributed by atoms with Gasteiger partial charge in [-0.2, -0.15) is 0 Å². The van der Waals surface area contributed by atoms with E-state index in [1.165, 1.54) is 0 Å². The van der Waals surface area contributed by atoms with E-state index in [4.69, 9.17) is 5.73 Å². The van der Waals surface area contributed by atoms with Gasteiger partial charge in [0.05, 0.1) is 0 Å². The normalized spacial score (nSPS) is 11.5. The monoisotopic (exact) mass is 284 g/mol. The molecule has 0 aliphatic carbocycles. The van der Waals surface area contributed by atoms with Gasteiger partial charge < -0.3 is 10.3 Å². The van der Waals surface area contributed by atoms with Gasteiger partial charge in [-0.25, -0.2) is 0 Å². The summed E-state index contributed by atoms with van der Waals surface area (Å²) in [6.45, 7) is 9.57. The molecule has 0 aromatic carbocycles. The molecular weight excluding hydrogens is 260 g/mol. The van der Waals surface area contributed by atoms with E-state index in [0.717, 1.165) is 23.3 Å². The van der Waals surface area contributed by atoms with Crippen LogP contribution in [0.1, 0.15) is 39.9 Å². The maximum atomic E-state index is 10.9. The molecule has 2 N–H and O–H groups in total. The highest BCUT2D eigenvalue weighted by atomic mass is 32.2. The van der Waals surface area contributed by atoms with Gasteiger partial charge in [-0.1, -0.05) is 39.5 Å². The van der Waals surface area contributed by atoms with Crippen LogP contribution in [0.4, 0.5) is 0 Å². The number of hydrogen-bond donors (Lipinski definition) is 1. The Balaban J connectivity index is 2.81. The fraction of sp³-hybridized carbons (Fsp3) is 0.769. The zero-order chi connectivity index (χ0) is 14.4. The zero-order valence-electron chi connectivity index (χ0n) is 12.2. The molecule has 1 aromatic heterocycles. The summed E-state index contributed by atoms with van der Waals surface area (Å²) in [7, 11) is 0. The number of aromatic nitrogens is 3. The second-order valence-electron chi connectivity index (χ2n) is 5.57. The van der Waals surface area contributed by atoms with Crippen molar-refractivity contribution in [2.75, 3.05) is 5.75 Å². The Morgan fingerprint density at radius 1 is 1.26 bits per heavy atom. The van der Waals surface area contributed by atoms with Crippen LogP contribution in [0.3, 0.4) is 0 Å². The second-order valence-corrected chi connectivity index (χ2v) is 6.56. The SMILES string of the molecule is CC(C)CSc1nnc(CCC(N)=O)n1CC(C)C. The Labute approximate surface area is 119 Å². The van der Waals surface area contributed by atoms with Gasteiger partial charge in [0.2, 0.25) is 5.91 Å². The van der Waals surface area contributed by atoms with E-state index in [2.05, 4.69) is 42.5 Å². The van der Waals surface area contributed by atoms with Crippen molar-refractivity contribution < 1.29 is 4.79 Å². The van der Waals surface area contributed by atoms with Gasteiger partial charge in [-0.05, 0) is 11.8 Å². The van der Waals surface area contributed by atoms with Crippen LogP contribution in [0.15, 0.2) is 5.16 Å². The van der Waals surface area contributed by atoms with Crippen LogP contribution in [0, 0.1) is 11.8 Å². The van der Waals surface area contributed by atoms with Gasteiger partial charge in [-0.15, -0.1) is 10.2 Å². The third-order valence-corrected chi connectivity index (χ3v) is 3.88. The molecule has 1 rings (SSSR count). The minimum Gasteiger partial charge on any atom is -0.370 e. The van der Waals surface area contributed by atoms with Crippen LogP contribution in [0.2, 0.25) is 0 Å². The van der Waals surface area contributed by atoms with Gasteiger partial charge in [0.25, 0.3) is 0 Å². The Morgan fingerprint density at radius 3 is 2.47 bits per heavy atom. The smallest absolute Gasteiger partial charge is 0.217 e. The first-order valence-electron chi connectivity index (χ1n) is 6.73. The number of nitrogens with zero attached hydrogens (tertiary/aromatic N) is 3. The standard InChI is InChI=1S/C13H24N4OS/c1-9(2)7-17-12(6-5-11(14)18)15-16-13(17)19-8-10(3)4/h9-10H,5-8H2,1-4H3,(H2,14,18). The fourth-order valence-electron chi connectivity index (χ4n) is 1.64. The average Bonchev–Trinajstić information content (AvgIpc) is 2.65. The predicted molar refractivity (Wildman–Crippen MR) is 77.9 cm³/mol. The summed E-state index contributed by atoms with van der Waals surface area (Å²) in [5, 5.41) is 9.39. The second kappa shape index (κ2) is 7.53. The van der Waals surface area contributed by atoms with E-state index >= 15 is 0 Å². The topological polar surface area (TPSA) is 73.8 Å². The van der Waals surface area contributed by atoms with Crippen molar-refractivity contribution in [3.05, 3.63) is 5.82 Å². The molecule has 0 radical (unpaired) electrons. The molecule has 1 amide bonds. The van der Waals surface area contributed by atoms with Gasteiger partial charge in [0.1, 0.15) is 5.82 Å². The third-order valence-electron chi connectivity index (χ3n) is 2.48. The van der Waals surface area contributed by atoms with Crippen molar-refractivity contribution in [2.24, 2.45) is 17.6 Å². The number of nitrogens with two attached hydrogens (primary N) is 1. The summed E-state index contributed by atoms with van der Waals surface area (Å²) in [4.78, 5) is 10.9. The fourth-order valence-corrected chi connectivity index (χ4v) is 2.55. The van der Waals surface area contributed by atoms with Gasteiger partial charge in [-0.3, -0.25) is 4.79 Å². The molecule has 0 atom stereocenters. The van der Waals surface area contributed by atoms with Crippen molar-refractivity contribution in [2.45, 2.75) is 52.2 Å². The Bertz CT molecular complexity index is 415. The number of carbonyl (C=O) groups excluding carboxylic acids is 1. The maximum Gasteiger partial charge on any atom is 0.217 e. The number of thioether (sulfide) groups is 1. The zero-order valence-corrected chi connectivity index (χ0v) is 13.0. The lowest BCUT2D eigenvalue weighted by Gasteiger charge is -2.12. The molecule has 0 bridgehead atoms. The number of carbonyl (C=O) groups is 1. The summed E-state index contributed by atoms with van der Waals surface area (Å²) in [5.74, 6) is 2.71. The van der Waals surface area contributed by atoms with E-state index in [0.29, 0.717) is 24.7 Å². The predicted octanol–water partition coefficient (Wildman–Crippen LogP) is 2.10. The molecule has 0 spiro atoms. The third kappa shape index (κ3) is 5.63. The molecule has 1 heterocycles. The van der Waals surface area contributed by atoms with Crippen LogP contribution < -0.4 is 5.73 Å². The largest absolute Gasteiger partial charge is 0.370 e. The van der Waals surface area contributed by atoms with Crippen molar-refractivity contribution in [3.63, 3.8) is 0 Å². The van der Waals surface area contributed by atoms with E-state index in [-0.39, 0.29) is 5.91 Å². The molecule has 6 heteroatoms. The van der Waals surface area contributed by atoms with E-state index in [1.807, 2.05) is 0 Å². The molecule has 1 aromatic rings. The average molecular weight is 284 g/mol. The van der Waals surface area contributed by atoms with Gasteiger partial charge in [0.15, 0.2) is 5.16 Å². The minimum atomic E-state index is -0.296. The molecular formula is C13H24N4OS.